The van der Waals surface area contributed by atoms with E-state index in [2.05, 4.69) is 31.0 Å². The summed E-state index contributed by atoms with van der Waals surface area (Å²) in [5, 5.41) is 10.7. The van der Waals surface area contributed by atoms with Gasteiger partial charge in [-0.1, -0.05) is 22.9 Å². The number of aryl methyl sites for hydroxylation is 1. The number of carbonyl (C=O) groups excluding carboxylic acids is 1. The molecule has 0 spiro atoms. The van der Waals surface area contributed by atoms with Crippen molar-refractivity contribution < 1.29 is 9.53 Å². The monoisotopic (exact) mass is 444 g/mol. The third-order valence-electron chi connectivity index (χ3n) is 3.92. The molecule has 1 unspecified atom stereocenters. The van der Waals surface area contributed by atoms with Gasteiger partial charge in [-0.3, -0.25) is 4.79 Å². The Morgan fingerprint density at radius 1 is 1.32 bits per heavy atom. The zero-order valence-corrected chi connectivity index (χ0v) is 17.1. The number of carbonyl (C=O) groups is 1. The number of anilines is 1. The smallest absolute Gasteiger partial charge is 0.263 e. The molecule has 9 heteroatoms. The molecule has 0 aliphatic carbocycles. The van der Waals surface area contributed by atoms with Gasteiger partial charge < -0.3 is 14.5 Å². The molecule has 0 saturated carbocycles. The first-order valence-corrected chi connectivity index (χ1v) is 9.88. The van der Waals surface area contributed by atoms with E-state index in [1.165, 1.54) is 0 Å². The Bertz CT molecular complexity index is 764. The molecule has 1 aromatic carbocycles. The minimum Gasteiger partial charge on any atom is -0.480 e. The third kappa shape index (κ3) is 4.43. The van der Waals surface area contributed by atoms with Crippen LogP contribution in [0.5, 0.6) is 5.75 Å². The third-order valence-corrected chi connectivity index (χ3v) is 5.68. The highest BCUT2D eigenvalue weighted by atomic mass is 79.9. The predicted molar refractivity (Wildman–Crippen MR) is 103 cm³/mol. The van der Waals surface area contributed by atoms with Crippen LogP contribution in [0.25, 0.3) is 0 Å². The second kappa shape index (κ2) is 7.88. The number of nitrogens with zero attached hydrogens (tertiary/aromatic N) is 4. The van der Waals surface area contributed by atoms with E-state index in [4.69, 9.17) is 16.3 Å². The van der Waals surface area contributed by atoms with Gasteiger partial charge in [0.1, 0.15) is 10.8 Å². The number of halogens is 2. The standard InChI is InChI=1S/C16H18BrClN4O2S/c1-10(24-14-4-3-12(18)9-13(14)17)15(23)21-5-7-22(8-6-21)16-20-19-11(2)25-16/h3-4,9-10H,5-8H2,1-2H3. The molecule has 0 radical (unpaired) electrons. The SMILES string of the molecule is Cc1nnc(N2CCN(C(=O)C(C)Oc3ccc(Cl)cc3Br)CC2)s1. The average molecular weight is 446 g/mol. The van der Waals surface area contributed by atoms with Crippen molar-refractivity contribution in [2.24, 2.45) is 0 Å². The van der Waals surface area contributed by atoms with E-state index in [9.17, 15) is 4.79 Å². The van der Waals surface area contributed by atoms with Crippen LogP contribution in [0.1, 0.15) is 11.9 Å². The Morgan fingerprint density at radius 3 is 2.64 bits per heavy atom. The molecule has 0 bridgehead atoms. The Kier molecular flexibility index (Phi) is 5.81. The zero-order chi connectivity index (χ0) is 18.0. The van der Waals surface area contributed by atoms with E-state index in [1.807, 2.05) is 11.8 Å². The predicted octanol–water partition coefficient (Wildman–Crippen LogP) is 3.38. The van der Waals surface area contributed by atoms with Gasteiger partial charge in [0, 0.05) is 31.2 Å². The van der Waals surface area contributed by atoms with Crippen molar-refractivity contribution in [3.63, 3.8) is 0 Å². The Morgan fingerprint density at radius 2 is 2.04 bits per heavy atom. The molecule has 3 rings (SSSR count). The van der Waals surface area contributed by atoms with Crippen LogP contribution < -0.4 is 9.64 Å². The van der Waals surface area contributed by atoms with Crippen molar-refractivity contribution in [3.8, 4) is 5.75 Å². The summed E-state index contributed by atoms with van der Waals surface area (Å²) in [4.78, 5) is 16.6. The van der Waals surface area contributed by atoms with Crippen LogP contribution in [0.15, 0.2) is 22.7 Å². The molecule has 1 aliphatic rings. The lowest BCUT2D eigenvalue weighted by Crippen LogP contribution is -2.52. The molecular formula is C16H18BrClN4O2S. The summed E-state index contributed by atoms with van der Waals surface area (Å²) in [5.74, 6) is 0.586. The zero-order valence-electron chi connectivity index (χ0n) is 13.9. The van der Waals surface area contributed by atoms with Crippen molar-refractivity contribution in [2.45, 2.75) is 20.0 Å². The van der Waals surface area contributed by atoms with Gasteiger partial charge in [-0.2, -0.15) is 0 Å². The van der Waals surface area contributed by atoms with Crippen LogP contribution in [-0.2, 0) is 4.79 Å². The van der Waals surface area contributed by atoms with Crippen molar-refractivity contribution in [1.82, 2.24) is 15.1 Å². The molecule has 1 aliphatic heterocycles. The number of rotatable bonds is 4. The first-order chi connectivity index (χ1) is 11.9. The number of hydrogen-bond donors (Lipinski definition) is 0. The van der Waals surface area contributed by atoms with E-state index in [0.717, 1.165) is 27.7 Å². The fourth-order valence-corrected chi connectivity index (χ4v) is 4.12. The van der Waals surface area contributed by atoms with Gasteiger partial charge in [-0.05, 0) is 48.0 Å². The number of amides is 1. The highest BCUT2D eigenvalue weighted by molar-refractivity contribution is 9.10. The average Bonchev–Trinajstić information content (AvgIpc) is 3.03. The van der Waals surface area contributed by atoms with Crippen LogP contribution in [0.4, 0.5) is 5.13 Å². The molecule has 25 heavy (non-hydrogen) atoms. The summed E-state index contributed by atoms with van der Waals surface area (Å²) in [6.45, 7) is 6.49. The minimum absolute atomic E-state index is 0.0186. The Balaban J connectivity index is 1.56. The summed E-state index contributed by atoms with van der Waals surface area (Å²) in [5.41, 5.74) is 0. The van der Waals surface area contributed by atoms with Crippen molar-refractivity contribution in [3.05, 3.63) is 32.7 Å². The molecule has 1 amide bonds. The van der Waals surface area contributed by atoms with E-state index < -0.39 is 6.10 Å². The molecule has 1 aromatic heterocycles. The summed E-state index contributed by atoms with van der Waals surface area (Å²) in [7, 11) is 0. The molecular weight excluding hydrogens is 428 g/mol. The van der Waals surface area contributed by atoms with Crippen molar-refractivity contribution in [2.75, 3.05) is 31.1 Å². The number of ether oxygens (including phenoxy) is 1. The first-order valence-electron chi connectivity index (χ1n) is 7.89. The van der Waals surface area contributed by atoms with Crippen LogP contribution in [0.3, 0.4) is 0 Å². The molecule has 1 fully saturated rings. The van der Waals surface area contributed by atoms with Crippen LogP contribution in [-0.4, -0.2) is 53.3 Å². The van der Waals surface area contributed by atoms with Gasteiger partial charge in [-0.25, -0.2) is 0 Å². The fourth-order valence-electron chi connectivity index (χ4n) is 2.60. The Labute approximate surface area is 163 Å². The van der Waals surface area contributed by atoms with Crippen molar-refractivity contribution in [1.29, 1.82) is 0 Å². The number of benzene rings is 1. The molecule has 134 valence electrons. The lowest BCUT2D eigenvalue weighted by atomic mass is 10.2. The lowest BCUT2D eigenvalue weighted by molar-refractivity contribution is -0.138. The maximum absolute atomic E-state index is 12.6. The molecule has 1 atom stereocenters. The number of hydrogen-bond acceptors (Lipinski definition) is 6. The normalized spacial score (nSPS) is 16.0. The molecule has 2 heterocycles. The van der Waals surface area contributed by atoms with Crippen LogP contribution in [0.2, 0.25) is 5.02 Å². The van der Waals surface area contributed by atoms with Gasteiger partial charge in [0.2, 0.25) is 5.13 Å². The van der Waals surface area contributed by atoms with Gasteiger partial charge in [0.15, 0.2) is 6.10 Å². The number of piperazine rings is 1. The first kappa shape index (κ1) is 18.4. The van der Waals surface area contributed by atoms with E-state index in [1.54, 1.807) is 36.5 Å². The topological polar surface area (TPSA) is 58.6 Å². The maximum atomic E-state index is 12.6. The van der Waals surface area contributed by atoms with E-state index in [-0.39, 0.29) is 5.91 Å². The quantitative estimate of drug-likeness (QED) is 0.722. The summed E-state index contributed by atoms with van der Waals surface area (Å²) >= 11 is 10.9. The van der Waals surface area contributed by atoms with Gasteiger partial charge in [0.05, 0.1) is 4.47 Å². The van der Waals surface area contributed by atoms with Gasteiger partial charge in [-0.15, -0.1) is 10.2 Å². The van der Waals surface area contributed by atoms with Crippen molar-refractivity contribution >= 4 is 49.9 Å². The van der Waals surface area contributed by atoms with Crippen LogP contribution in [0, 0.1) is 6.92 Å². The largest absolute Gasteiger partial charge is 0.480 e. The maximum Gasteiger partial charge on any atom is 0.263 e. The molecule has 0 N–H and O–H groups in total. The number of aromatic nitrogens is 2. The molecule has 2 aromatic rings. The second-order valence-corrected chi connectivity index (χ2v) is 8.20. The summed E-state index contributed by atoms with van der Waals surface area (Å²) in [6.07, 6.45) is -0.562. The highest BCUT2D eigenvalue weighted by Gasteiger charge is 2.27. The minimum atomic E-state index is -0.562. The molecule has 6 nitrogen and oxygen atoms in total. The van der Waals surface area contributed by atoms with Gasteiger partial charge >= 0.3 is 0 Å². The summed E-state index contributed by atoms with van der Waals surface area (Å²) < 4.78 is 6.53. The fraction of sp³-hybridized carbons (Fsp3) is 0.438. The summed E-state index contributed by atoms with van der Waals surface area (Å²) in [6, 6.07) is 5.24. The molecule has 1 saturated heterocycles. The lowest BCUT2D eigenvalue weighted by Gasteiger charge is -2.35. The van der Waals surface area contributed by atoms with Gasteiger partial charge in [0.25, 0.3) is 5.91 Å². The second-order valence-electron chi connectivity index (χ2n) is 5.75. The Hall–Kier alpha value is -1.38. The van der Waals surface area contributed by atoms with E-state index >= 15 is 0 Å². The van der Waals surface area contributed by atoms with Crippen LogP contribution >= 0.6 is 38.9 Å². The highest BCUT2D eigenvalue weighted by Crippen LogP contribution is 2.29. The van der Waals surface area contributed by atoms with E-state index in [0.29, 0.717) is 23.9 Å².